The van der Waals surface area contributed by atoms with Crippen LogP contribution in [0.3, 0.4) is 0 Å². The first kappa shape index (κ1) is 13.8. The molecule has 5 nitrogen and oxygen atoms in total. The Hall–Kier alpha value is -1.17. The molecule has 2 fully saturated rings. The molecule has 2 heterocycles. The average Bonchev–Trinajstić information content (AvgIpc) is 3.03. The zero-order valence-electron chi connectivity index (χ0n) is 11.8. The van der Waals surface area contributed by atoms with Crippen LogP contribution in [-0.2, 0) is 14.3 Å². The minimum absolute atomic E-state index is 0.150. The second kappa shape index (κ2) is 4.69. The normalized spacial score (nSPS) is 38.2. The second-order valence-corrected chi connectivity index (χ2v) is 6.06. The number of carbonyl (C=O) groups excluding carboxylic acids is 1. The summed E-state index contributed by atoms with van der Waals surface area (Å²) in [6.45, 7) is 3.87. The number of aliphatic hydroxyl groups excluding tert-OH is 2. The van der Waals surface area contributed by atoms with E-state index in [1.165, 1.54) is 5.57 Å². The predicted octanol–water partition coefficient (Wildman–Crippen LogP) is 0.849. The van der Waals surface area contributed by atoms with Gasteiger partial charge in [-0.2, -0.15) is 0 Å². The Bertz CT molecular complexity index is 498. The van der Waals surface area contributed by atoms with E-state index in [4.69, 9.17) is 9.47 Å². The lowest BCUT2D eigenvalue weighted by Gasteiger charge is -2.26. The molecule has 0 aromatic carbocycles. The number of esters is 1. The fraction of sp³-hybridized carbons (Fsp3) is 0.667. The first-order chi connectivity index (χ1) is 9.48. The summed E-state index contributed by atoms with van der Waals surface area (Å²) < 4.78 is 10.8. The van der Waals surface area contributed by atoms with Crippen molar-refractivity contribution in [2.45, 2.75) is 57.0 Å². The SMILES string of the molecule is CC(C)=CCCC1=C2C(C[C@@]3(CO)O[C@H]3[C@H]2O)OC1=O. The predicted molar refractivity (Wildman–Crippen MR) is 70.9 cm³/mol. The molecule has 1 saturated heterocycles. The van der Waals surface area contributed by atoms with Crippen molar-refractivity contribution in [2.24, 2.45) is 0 Å². The zero-order valence-corrected chi connectivity index (χ0v) is 11.8. The van der Waals surface area contributed by atoms with Gasteiger partial charge in [-0.3, -0.25) is 0 Å². The van der Waals surface area contributed by atoms with Gasteiger partial charge in [-0.05, 0) is 26.7 Å². The Balaban J connectivity index is 1.82. The van der Waals surface area contributed by atoms with Gasteiger partial charge in [-0.1, -0.05) is 11.6 Å². The average molecular weight is 280 g/mol. The highest BCUT2D eigenvalue weighted by Gasteiger charge is 2.67. The number of epoxide rings is 1. The lowest BCUT2D eigenvalue weighted by molar-refractivity contribution is -0.141. The van der Waals surface area contributed by atoms with Crippen LogP contribution in [-0.4, -0.2) is 46.7 Å². The van der Waals surface area contributed by atoms with Gasteiger partial charge in [0.25, 0.3) is 0 Å². The number of aliphatic hydroxyl groups is 2. The second-order valence-electron chi connectivity index (χ2n) is 6.06. The summed E-state index contributed by atoms with van der Waals surface area (Å²) in [5, 5.41) is 19.7. The summed E-state index contributed by atoms with van der Waals surface area (Å²) in [6, 6.07) is 0. The Kier molecular flexibility index (Phi) is 3.23. The molecule has 5 heteroatoms. The van der Waals surface area contributed by atoms with Crippen LogP contribution in [0.15, 0.2) is 22.8 Å². The summed E-state index contributed by atoms with van der Waals surface area (Å²) in [5.41, 5.74) is 1.75. The summed E-state index contributed by atoms with van der Waals surface area (Å²) >= 11 is 0. The number of ether oxygens (including phenoxy) is 2. The van der Waals surface area contributed by atoms with Crippen LogP contribution in [0.25, 0.3) is 0 Å². The molecular weight excluding hydrogens is 260 g/mol. The largest absolute Gasteiger partial charge is 0.454 e. The van der Waals surface area contributed by atoms with Gasteiger partial charge in [0.05, 0.1) is 6.61 Å². The molecule has 0 aromatic heterocycles. The maximum Gasteiger partial charge on any atom is 0.334 e. The first-order valence-corrected chi connectivity index (χ1v) is 7.02. The fourth-order valence-corrected chi connectivity index (χ4v) is 3.25. The van der Waals surface area contributed by atoms with Gasteiger partial charge in [0.1, 0.15) is 23.9 Å². The van der Waals surface area contributed by atoms with Gasteiger partial charge in [0.15, 0.2) is 0 Å². The number of carbonyl (C=O) groups is 1. The van der Waals surface area contributed by atoms with Crippen LogP contribution in [0.1, 0.15) is 33.1 Å². The number of rotatable bonds is 4. The molecule has 3 aliphatic rings. The molecule has 0 bridgehead atoms. The van der Waals surface area contributed by atoms with Crippen molar-refractivity contribution >= 4 is 5.97 Å². The van der Waals surface area contributed by atoms with Crippen molar-refractivity contribution in [3.63, 3.8) is 0 Å². The summed E-state index contributed by atoms with van der Waals surface area (Å²) in [7, 11) is 0. The Morgan fingerprint density at radius 1 is 1.50 bits per heavy atom. The van der Waals surface area contributed by atoms with Gasteiger partial charge >= 0.3 is 5.97 Å². The first-order valence-electron chi connectivity index (χ1n) is 7.02. The van der Waals surface area contributed by atoms with Crippen LogP contribution < -0.4 is 0 Å². The Morgan fingerprint density at radius 3 is 2.90 bits per heavy atom. The molecular formula is C15H20O5. The molecule has 0 aromatic rings. The Morgan fingerprint density at radius 2 is 2.25 bits per heavy atom. The van der Waals surface area contributed by atoms with Crippen molar-refractivity contribution in [1.82, 2.24) is 0 Å². The van der Waals surface area contributed by atoms with Gasteiger partial charge < -0.3 is 19.7 Å². The Labute approximate surface area is 117 Å². The summed E-state index contributed by atoms with van der Waals surface area (Å²) in [4.78, 5) is 12.0. The van der Waals surface area contributed by atoms with Crippen molar-refractivity contribution in [3.8, 4) is 0 Å². The van der Waals surface area contributed by atoms with Crippen LogP contribution >= 0.6 is 0 Å². The number of hydrogen-bond acceptors (Lipinski definition) is 5. The molecule has 0 amide bonds. The van der Waals surface area contributed by atoms with E-state index in [0.717, 1.165) is 6.42 Å². The molecule has 0 radical (unpaired) electrons. The van der Waals surface area contributed by atoms with Crippen molar-refractivity contribution in [1.29, 1.82) is 0 Å². The van der Waals surface area contributed by atoms with Gasteiger partial charge in [0, 0.05) is 17.6 Å². The minimum atomic E-state index is -0.839. The molecule has 1 unspecified atom stereocenters. The standard InChI is InChI=1S/C15H20O5/c1-8(2)4-3-5-9-11-10(19-14(9)18)6-15(7-16)13(20-15)12(11)17/h4,10,12-13,16-17H,3,5-7H2,1-2H3/t10?,12-,13-,15-/m0/s1. The molecule has 4 atom stereocenters. The van der Waals surface area contributed by atoms with Crippen LogP contribution in [0.5, 0.6) is 0 Å². The molecule has 1 saturated carbocycles. The van der Waals surface area contributed by atoms with Crippen molar-refractivity contribution in [2.75, 3.05) is 6.61 Å². The highest BCUT2D eigenvalue weighted by molar-refractivity contribution is 5.92. The van der Waals surface area contributed by atoms with Crippen molar-refractivity contribution in [3.05, 3.63) is 22.8 Å². The van der Waals surface area contributed by atoms with E-state index >= 15 is 0 Å². The quantitative estimate of drug-likeness (QED) is 0.453. The molecule has 0 spiro atoms. The summed E-state index contributed by atoms with van der Waals surface area (Å²) in [6.07, 6.45) is 2.16. The third-order valence-corrected chi connectivity index (χ3v) is 4.36. The van der Waals surface area contributed by atoms with E-state index in [1.54, 1.807) is 0 Å². The third kappa shape index (κ3) is 2.01. The minimum Gasteiger partial charge on any atom is -0.454 e. The van der Waals surface area contributed by atoms with E-state index in [9.17, 15) is 15.0 Å². The molecule has 2 aliphatic heterocycles. The molecule has 1 aliphatic carbocycles. The van der Waals surface area contributed by atoms with E-state index < -0.39 is 23.9 Å². The lowest BCUT2D eigenvalue weighted by atomic mass is 9.80. The van der Waals surface area contributed by atoms with Gasteiger partial charge in [-0.25, -0.2) is 4.79 Å². The van der Waals surface area contributed by atoms with Crippen molar-refractivity contribution < 1.29 is 24.5 Å². The number of hydrogen-bond donors (Lipinski definition) is 2. The van der Waals surface area contributed by atoms with E-state index in [0.29, 0.717) is 24.0 Å². The highest BCUT2D eigenvalue weighted by Crippen LogP contribution is 2.52. The monoisotopic (exact) mass is 280 g/mol. The van der Waals surface area contributed by atoms with E-state index in [-0.39, 0.29) is 12.6 Å². The zero-order chi connectivity index (χ0) is 14.5. The van der Waals surface area contributed by atoms with Gasteiger partial charge in [0.2, 0.25) is 0 Å². The fourth-order valence-electron chi connectivity index (χ4n) is 3.25. The third-order valence-electron chi connectivity index (χ3n) is 4.36. The molecule has 2 N–H and O–H groups in total. The molecule has 110 valence electrons. The van der Waals surface area contributed by atoms with Crippen LogP contribution in [0.2, 0.25) is 0 Å². The van der Waals surface area contributed by atoms with E-state index in [2.05, 4.69) is 6.08 Å². The van der Waals surface area contributed by atoms with Crippen LogP contribution in [0, 0.1) is 0 Å². The van der Waals surface area contributed by atoms with Crippen LogP contribution in [0.4, 0.5) is 0 Å². The number of fused-ring (bicyclic) bond motifs is 2. The lowest BCUT2D eigenvalue weighted by Crippen LogP contribution is -2.41. The molecule has 20 heavy (non-hydrogen) atoms. The maximum atomic E-state index is 12.0. The topological polar surface area (TPSA) is 79.3 Å². The van der Waals surface area contributed by atoms with E-state index in [1.807, 2.05) is 13.8 Å². The maximum absolute atomic E-state index is 12.0. The summed E-state index contributed by atoms with van der Waals surface area (Å²) in [5.74, 6) is -0.333. The molecule has 3 rings (SSSR count). The van der Waals surface area contributed by atoms with Gasteiger partial charge in [-0.15, -0.1) is 0 Å². The smallest absolute Gasteiger partial charge is 0.334 e. The number of allylic oxidation sites excluding steroid dienone is 2. The highest BCUT2D eigenvalue weighted by atomic mass is 16.6.